The fraction of sp³-hybridized carbons (Fsp3) is 0. The molecule has 0 rings (SSSR count). The second kappa shape index (κ2) is 13.7. The van der Waals surface area contributed by atoms with Gasteiger partial charge in [0.15, 0.2) is 0 Å². The smallest absolute Gasteiger partial charge is 0.756 e. The SMILES string of the molecule is N.N.N.N.O.O=P([O-])(O)OP(=O)([O-])OP(=O)([O-])O.[Co+3]. The van der Waals surface area contributed by atoms with Crippen molar-refractivity contribution in [1.29, 1.82) is 0 Å². The minimum Gasteiger partial charge on any atom is -0.756 e. The first-order chi connectivity index (χ1) is 5.41. The monoisotopic (exact) mass is 400 g/mol. The molecule has 0 saturated heterocycles. The molecule has 0 saturated carbocycles. The Bertz CT molecular complexity index is 292. The summed E-state index contributed by atoms with van der Waals surface area (Å²) in [4.78, 5) is 45.3. The molecule has 2 atom stereocenters. The molecule has 0 spiro atoms. The molecule has 0 heterocycles. The Morgan fingerprint density at radius 2 is 0.895 bits per heavy atom. The normalized spacial score (nSPS) is 17.5. The number of hydrogen-bond donors (Lipinski definition) is 6. The molecule has 0 fully saturated rings. The van der Waals surface area contributed by atoms with Gasteiger partial charge in [-0.15, -0.1) is 0 Å². The van der Waals surface area contributed by atoms with Crippen molar-refractivity contribution in [3.63, 3.8) is 0 Å². The molecule has 19 heteroatoms. The van der Waals surface area contributed by atoms with Crippen LogP contribution in [0.15, 0.2) is 0 Å². The molecule has 126 valence electrons. The van der Waals surface area contributed by atoms with Gasteiger partial charge in [0, 0.05) is 0 Å². The molecule has 0 aliphatic heterocycles. The maximum atomic E-state index is 10.2. The van der Waals surface area contributed by atoms with Gasteiger partial charge >= 0.3 is 16.8 Å². The van der Waals surface area contributed by atoms with Crippen molar-refractivity contribution in [2.45, 2.75) is 0 Å². The molecule has 0 amide bonds. The molecule has 0 bridgehead atoms. The summed E-state index contributed by atoms with van der Waals surface area (Å²) in [6, 6.07) is 0. The fourth-order valence-electron chi connectivity index (χ4n) is 0.268. The van der Waals surface area contributed by atoms with E-state index in [1.165, 1.54) is 0 Å². The van der Waals surface area contributed by atoms with Crippen molar-refractivity contribution in [2.75, 3.05) is 0 Å². The van der Waals surface area contributed by atoms with E-state index in [2.05, 4.69) is 8.62 Å². The van der Waals surface area contributed by atoms with Gasteiger partial charge in [-0.2, -0.15) is 0 Å². The Morgan fingerprint density at radius 3 is 1.00 bits per heavy atom. The minimum absolute atomic E-state index is 0. The summed E-state index contributed by atoms with van der Waals surface area (Å²) < 4.78 is 35.3. The molecule has 0 aromatic heterocycles. The summed E-state index contributed by atoms with van der Waals surface area (Å²) in [5.74, 6) is 0. The predicted octanol–water partition coefficient (Wildman–Crippen LogP) is -2.77. The first-order valence-electron chi connectivity index (χ1n) is 2.23. The quantitative estimate of drug-likeness (QED) is 0.260. The molecule has 2 unspecified atom stereocenters. The number of hydrogen-bond acceptors (Lipinski definition) is 12. The minimum atomic E-state index is -5.84. The van der Waals surface area contributed by atoms with Crippen LogP contribution in [0.5, 0.6) is 0 Å². The largest absolute Gasteiger partial charge is 3.00 e. The standard InChI is InChI=1S/Co.4H3N.H5O10P3.H2O/c;;;;;1-11(2,3)9-13(7,8)10-12(4,5)6;/h;4*1H3;(H,7,8)(H2,1,2,3)(H2,4,5,6);1H2/q+3;;;;;;/p-3. The molecule has 19 heavy (non-hydrogen) atoms. The van der Waals surface area contributed by atoms with E-state index in [1.807, 2.05) is 0 Å². The third-order valence-electron chi connectivity index (χ3n) is 0.406. The molecule has 0 aliphatic carbocycles. The van der Waals surface area contributed by atoms with Gasteiger partial charge in [-0.3, -0.25) is 13.7 Å². The van der Waals surface area contributed by atoms with Crippen LogP contribution in [0, 0.1) is 0 Å². The Morgan fingerprint density at radius 1 is 0.737 bits per heavy atom. The maximum absolute atomic E-state index is 10.2. The maximum Gasteiger partial charge on any atom is 3.00 e. The van der Waals surface area contributed by atoms with Crippen molar-refractivity contribution in [2.24, 2.45) is 0 Å². The van der Waals surface area contributed by atoms with E-state index in [4.69, 9.17) is 9.79 Å². The van der Waals surface area contributed by atoms with Crippen molar-refractivity contribution in [3.05, 3.63) is 0 Å². The van der Waals surface area contributed by atoms with Crippen LogP contribution < -0.4 is 39.3 Å². The molecule has 0 aliphatic rings. The summed E-state index contributed by atoms with van der Waals surface area (Å²) in [7, 11) is -17.2. The zero-order chi connectivity index (χ0) is 10.9. The van der Waals surface area contributed by atoms with Crippen molar-refractivity contribution < 1.29 is 69.0 Å². The summed E-state index contributed by atoms with van der Waals surface area (Å²) >= 11 is 0. The molecule has 0 aromatic carbocycles. The van der Waals surface area contributed by atoms with Crippen LogP contribution in [0.25, 0.3) is 0 Å². The van der Waals surface area contributed by atoms with E-state index in [0.717, 1.165) is 0 Å². The third-order valence-corrected chi connectivity index (χ3v) is 3.66. The van der Waals surface area contributed by atoms with E-state index in [-0.39, 0.29) is 46.9 Å². The van der Waals surface area contributed by atoms with Crippen LogP contribution in [0.2, 0.25) is 0 Å². The summed E-state index contributed by atoms with van der Waals surface area (Å²) in [5.41, 5.74) is 0. The molecular weight excluding hydrogens is 384 g/mol. The van der Waals surface area contributed by atoms with E-state index < -0.39 is 23.5 Å². The Kier molecular flexibility index (Phi) is 30.8. The first kappa shape index (κ1) is 42.7. The second-order valence-electron chi connectivity index (χ2n) is 1.55. The van der Waals surface area contributed by atoms with Crippen molar-refractivity contribution >= 4 is 23.5 Å². The van der Waals surface area contributed by atoms with Crippen LogP contribution in [-0.2, 0) is 39.1 Å². The Balaban J connectivity index is -0.0000000480. The van der Waals surface area contributed by atoms with Gasteiger partial charge in [-0.05, 0) is 0 Å². The van der Waals surface area contributed by atoms with Crippen molar-refractivity contribution in [3.8, 4) is 0 Å². The average Bonchev–Trinajstić information content (AvgIpc) is 1.43. The molecule has 0 aromatic rings. The van der Waals surface area contributed by atoms with Gasteiger partial charge < -0.3 is 54.5 Å². The fourth-order valence-corrected chi connectivity index (χ4v) is 2.68. The van der Waals surface area contributed by atoms with Gasteiger partial charge in [0.05, 0.1) is 0 Å². The third kappa shape index (κ3) is 32.3. The van der Waals surface area contributed by atoms with E-state index >= 15 is 0 Å². The zero-order valence-electron chi connectivity index (χ0n) is 9.16. The van der Waals surface area contributed by atoms with Crippen molar-refractivity contribution in [1.82, 2.24) is 24.6 Å². The van der Waals surface area contributed by atoms with Crippen LogP contribution in [0.3, 0.4) is 0 Å². The van der Waals surface area contributed by atoms with Crippen LogP contribution in [0.4, 0.5) is 0 Å². The molecule has 0 radical (unpaired) electrons. The Hall–Kier alpha value is 0.716. The summed E-state index contributed by atoms with van der Waals surface area (Å²) in [6.45, 7) is 0. The van der Waals surface area contributed by atoms with Gasteiger partial charge in [0.25, 0.3) is 23.5 Å². The molecule has 15 nitrogen and oxygen atoms in total. The summed E-state index contributed by atoms with van der Waals surface area (Å²) in [5, 5.41) is 0. The van der Waals surface area contributed by atoms with Gasteiger partial charge in [0.1, 0.15) is 0 Å². The molecular formula is H16CoN4O11P3. The van der Waals surface area contributed by atoms with Gasteiger partial charge in [-0.1, -0.05) is 0 Å². The van der Waals surface area contributed by atoms with Crippen LogP contribution in [0.1, 0.15) is 0 Å². The Labute approximate surface area is 118 Å². The number of phosphoric acid groups is 3. The van der Waals surface area contributed by atoms with E-state index in [9.17, 15) is 28.4 Å². The second-order valence-corrected chi connectivity index (χ2v) is 5.62. The van der Waals surface area contributed by atoms with Crippen LogP contribution >= 0.6 is 23.5 Å². The van der Waals surface area contributed by atoms with Crippen LogP contribution in [-0.4, -0.2) is 15.3 Å². The topological polar surface area (TPSA) is 351 Å². The zero-order valence-corrected chi connectivity index (χ0v) is 12.9. The first-order valence-corrected chi connectivity index (χ1v) is 6.68. The average molecular weight is 400 g/mol. The predicted molar refractivity (Wildman–Crippen MR) is 53.1 cm³/mol. The van der Waals surface area contributed by atoms with E-state index in [0.29, 0.717) is 0 Å². The molecule has 16 N–H and O–H groups in total. The number of rotatable bonds is 4. The van der Waals surface area contributed by atoms with Gasteiger partial charge in [0.2, 0.25) is 0 Å². The van der Waals surface area contributed by atoms with Gasteiger partial charge in [-0.25, -0.2) is 8.62 Å². The van der Waals surface area contributed by atoms with E-state index in [1.54, 1.807) is 0 Å². The summed E-state index contributed by atoms with van der Waals surface area (Å²) in [6.07, 6.45) is 0.